The number of nitrogen functional groups attached to an aromatic ring is 1. The topological polar surface area (TPSA) is 102 Å². The molecule has 1 unspecified atom stereocenters. The second-order valence-corrected chi connectivity index (χ2v) is 7.85. The van der Waals surface area contributed by atoms with Gasteiger partial charge in [0.25, 0.3) is 0 Å². The van der Waals surface area contributed by atoms with E-state index >= 15 is 0 Å². The van der Waals surface area contributed by atoms with Crippen molar-refractivity contribution < 1.29 is 4.74 Å². The monoisotopic (exact) mass is 390 g/mol. The predicted octanol–water partition coefficient (Wildman–Crippen LogP) is 2.93. The lowest BCUT2D eigenvalue weighted by molar-refractivity contribution is 0.191. The van der Waals surface area contributed by atoms with Crippen molar-refractivity contribution in [3.8, 4) is 6.01 Å². The number of nitrogens with zero attached hydrogens (tertiary/aromatic N) is 4. The number of aromatic nitrogens is 4. The summed E-state index contributed by atoms with van der Waals surface area (Å²) in [6.07, 6.45) is 9.11. The van der Waals surface area contributed by atoms with Gasteiger partial charge in [-0.25, -0.2) is 4.79 Å². The summed E-state index contributed by atoms with van der Waals surface area (Å²) in [6, 6.07) is 0.245. The van der Waals surface area contributed by atoms with E-state index in [0.717, 1.165) is 38.6 Å². The first kappa shape index (κ1) is 20.6. The lowest BCUT2D eigenvalue weighted by Gasteiger charge is -2.26. The number of nitrogens with one attached hydrogen (secondary N) is 1. The van der Waals surface area contributed by atoms with Crippen LogP contribution in [0.2, 0.25) is 0 Å². The Balaban J connectivity index is 1.65. The zero-order valence-corrected chi connectivity index (χ0v) is 17.2. The number of hydrogen-bond acceptors (Lipinski definition) is 6. The molecule has 8 nitrogen and oxygen atoms in total. The molecule has 1 atom stereocenters. The summed E-state index contributed by atoms with van der Waals surface area (Å²) >= 11 is 0. The molecule has 0 radical (unpaired) electrons. The average molecular weight is 391 g/mol. The van der Waals surface area contributed by atoms with Crippen LogP contribution in [0.5, 0.6) is 6.01 Å². The Hall–Kier alpha value is -2.09. The molecule has 0 saturated carbocycles. The number of ether oxygens (including phenoxy) is 1. The van der Waals surface area contributed by atoms with Gasteiger partial charge in [0.05, 0.1) is 6.10 Å². The van der Waals surface area contributed by atoms with Crippen LogP contribution in [0.15, 0.2) is 4.79 Å². The fourth-order valence-electron chi connectivity index (χ4n) is 3.81. The van der Waals surface area contributed by atoms with Gasteiger partial charge in [0.1, 0.15) is 5.52 Å². The molecule has 1 aliphatic rings. The van der Waals surface area contributed by atoms with E-state index in [1.165, 1.54) is 32.4 Å². The van der Waals surface area contributed by atoms with Crippen molar-refractivity contribution in [1.29, 1.82) is 0 Å². The molecule has 28 heavy (non-hydrogen) atoms. The van der Waals surface area contributed by atoms with Crippen molar-refractivity contribution in [2.45, 2.75) is 77.9 Å². The van der Waals surface area contributed by atoms with Crippen molar-refractivity contribution >= 4 is 17.0 Å². The van der Waals surface area contributed by atoms with Gasteiger partial charge >= 0.3 is 11.7 Å². The predicted molar refractivity (Wildman–Crippen MR) is 112 cm³/mol. The van der Waals surface area contributed by atoms with Gasteiger partial charge in [-0.05, 0) is 58.7 Å². The fourth-order valence-corrected chi connectivity index (χ4v) is 3.81. The van der Waals surface area contributed by atoms with Gasteiger partial charge in [0.2, 0.25) is 0 Å². The van der Waals surface area contributed by atoms with E-state index in [9.17, 15) is 4.79 Å². The van der Waals surface area contributed by atoms with E-state index in [-0.39, 0.29) is 23.6 Å². The molecule has 2 aromatic rings. The minimum atomic E-state index is -0.190. The third-order valence-corrected chi connectivity index (χ3v) is 5.46. The molecule has 8 heteroatoms. The number of piperidine rings is 1. The van der Waals surface area contributed by atoms with E-state index in [4.69, 9.17) is 10.5 Å². The molecular weight excluding hydrogens is 356 g/mol. The molecule has 3 rings (SSSR count). The smallest absolute Gasteiger partial charge is 0.327 e. The second kappa shape index (κ2) is 9.91. The van der Waals surface area contributed by atoms with E-state index in [1.54, 1.807) is 4.57 Å². The number of aromatic amines is 1. The Morgan fingerprint density at radius 2 is 1.89 bits per heavy atom. The minimum Gasteiger partial charge on any atom is -0.460 e. The van der Waals surface area contributed by atoms with Crippen molar-refractivity contribution in [2.75, 3.05) is 25.4 Å². The van der Waals surface area contributed by atoms with Crippen LogP contribution in [0.1, 0.15) is 65.2 Å². The molecule has 3 heterocycles. The third-order valence-electron chi connectivity index (χ3n) is 5.46. The average Bonchev–Trinajstić information content (AvgIpc) is 3.00. The summed E-state index contributed by atoms with van der Waals surface area (Å²) in [7, 11) is 0. The van der Waals surface area contributed by atoms with Crippen LogP contribution in [0, 0.1) is 0 Å². The van der Waals surface area contributed by atoms with Crippen LogP contribution in [0.25, 0.3) is 11.2 Å². The Morgan fingerprint density at radius 1 is 1.14 bits per heavy atom. The molecule has 0 aromatic carbocycles. The zero-order valence-electron chi connectivity index (χ0n) is 17.2. The molecule has 2 aromatic heterocycles. The summed E-state index contributed by atoms with van der Waals surface area (Å²) in [4.78, 5) is 26.4. The Labute approximate surface area is 166 Å². The maximum absolute atomic E-state index is 12.4. The highest BCUT2D eigenvalue weighted by Crippen LogP contribution is 2.19. The number of nitrogens with two attached hydrogens (primary N) is 1. The lowest BCUT2D eigenvalue weighted by atomic mass is 10.1. The number of imidazole rings is 1. The van der Waals surface area contributed by atoms with Crippen LogP contribution in [0.3, 0.4) is 0 Å². The largest absolute Gasteiger partial charge is 0.460 e. The van der Waals surface area contributed by atoms with Crippen LogP contribution >= 0.6 is 0 Å². The first-order valence-corrected chi connectivity index (χ1v) is 10.7. The quantitative estimate of drug-likeness (QED) is 0.605. The van der Waals surface area contributed by atoms with E-state index in [2.05, 4.69) is 26.8 Å². The normalized spacial score (nSPS) is 16.5. The molecule has 1 saturated heterocycles. The molecule has 156 valence electrons. The van der Waals surface area contributed by atoms with Crippen LogP contribution < -0.4 is 16.2 Å². The third kappa shape index (κ3) is 5.25. The van der Waals surface area contributed by atoms with Crippen molar-refractivity contribution in [3.63, 3.8) is 0 Å². The molecule has 0 spiro atoms. The van der Waals surface area contributed by atoms with E-state index in [0.29, 0.717) is 17.7 Å². The first-order chi connectivity index (χ1) is 13.6. The number of H-pyrrole nitrogens is 1. The van der Waals surface area contributed by atoms with E-state index < -0.39 is 0 Å². The van der Waals surface area contributed by atoms with Crippen molar-refractivity contribution in [2.24, 2.45) is 0 Å². The highest BCUT2D eigenvalue weighted by Gasteiger charge is 2.16. The van der Waals surface area contributed by atoms with Crippen molar-refractivity contribution in [3.05, 3.63) is 10.5 Å². The Bertz CT molecular complexity index is 809. The highest BCUT2D eigenvalue weighted by molar-refractivity contribution is 5.81. The van der Waals surface area contributed by atoms with Gasteiger partial charge < -0.3 is 20.4 Å². The number of fused-ring (bicyclic) bond motifs is 1. The number of likely N-dealkylation sites (tertiary alicyclic amines) is 1. The molecule has 1 fully saturated rings. The SMILES string of the molecule is CCCCC(C)Oc1nc(N)c2[nH]c(=O)n(CCCCN3CCCCC3)c2n1. The zero-order chi connectivity index (χ0) is 19.9. The van der Waals surface area contributed by atoms with Gasteiger partial charge in [-0.2, -0.15) is 9.97 Å². The van der Waals surface area contributed by atoms with E-state index in [1.807, 2.05) is 6.92 Å². The minimum absolute atomic E-state index is 0.0143. The van der Waals surface area contributed by atoms with Gasteiger partial charge in [0.15, 0.2) is 11.5 Å². The molecule has 1 aliphatic heterocycles. The first-order valence-electron chi connectivity index (χ1n) is 10.7. The van der Waals surface area contributed by atoms with Crippen LogP contribution in [0.4, 0.5) is 5.82 Å². The Kier molecular flexibility index (Phi) is 7.30. The standard InChI is InChI=1S/C20H34N6O2/c1-3-4-10-15(2)28-19-23-17(21)16-18(24-19)26(20(27)22-16)14-9-8-13-25-11-6-5-7-12-25/h15H,3-14H2,1-2H3,(H,22,27)(H2,21,23,24). The summed E-state index contributed by atoms with van der Waals surface area (Å²) < 4.78 is 7.50. The van der Waals surface area contributed by atoms with Crippen LogP contribution in [-0.4, -0.2) is 50.2 Å². The summed E-state index contributed by atoms with van der Waals surface area (Å²) in [6.45, 7) is 8.27. The number of anilines is 1. The van der Waals surface area contributed by atoms with Crippen molar-refractivity contribution in [1.82, 2.24) is 24.4 Å². The Morgan fingerprint density at radius 3 is 2.64 bits per heavy atom. The van der Waals surface area contributed by atoms with Gasteiger partial charge in [-0.3, -0.25) is 4.57 Å². The molecule has 0 amide bonds. The lowest BCUT2D eigenvalue weighted by Crippen LogP contribution is -2.30. The van der Waals surface area contributed by atoms with Crippen LogP contribution in [-0.2, 0) is 6.54 Å². The number of aryl methyl sites for hydroxylation is 1. The van der Waals surface area contributed by atoms with Gasteiger partial charge in [0, 0.05) is 6.54 Å². The molecule has 0 bridgehead atoms. The number of hydrogen-bond donors (Lipinski definition) is 2. The summed E-state index contributed by atoms with van der Waals surface area (Å²) in [5.41, 5.74) is 6.89. The highest BCUT2D eigenvalue weighted by atomic mass is 16.5. The molecular formula is C20H34N6O2. The second-order valence-electron chi connectivity index (χ2n) is 7.85. The summed E-state index contributed by atoms with van der Waals surface area (Å²) in [5, 5.41) is 0. The fraction of sp³-hybridized carbons (Fsp3) is 0.750. The van der Waals surface area contributed by atoms with Gasteiger partial charge in [-0.1, -0.05) is 26.2 Å². The maximum Gasteiger partial charge on any atom is 0.327 e. The maximum atomic E-state index is 12.4. The summed E-state index contributed by atoms with van der Waals surface area (Å²) in [5.74, 6) is 0.256. The molecule has 0 aliphatic carbocycles. The molecule has 3 N–H and O–H groups in total. The number of rotatable bonds is 10. The number of unbranched alkanes of at least 4 members (excludes halogenated alkanes) is 2. The van der Waals surface area contributed by atoms with Gasteiger partial charge in [-0.15, -0.1) is 0 Å².